The molecule has 0 saturated heterocycles. The number of aliphatic hydroxyl groups excluding tert-OH is 1. The molecule has 1 heterocycles. The lowest BCUT2D eigenvalue weighted by Crippen LogP contribution is -2.30. The van der Waals surface area contributed by atoms with E-state index in [9.17, 15) is 5.11 Å². The molecule has 4 nitrogen and oxygen atoms in total. The third-order valence-corrected chi connectivity index (χ3v) is 2.18. The fourth-order valence-corrected chi connectivity index (χ4v) is 1.48. The van der Waals surface area contributed by atoms with E-state index in [0.29, 0.717) is 11.6 Å². The van der Waals surface area contributed by atoms with Gasteiger partial charge in [-0.2, -0.15) is 0 Å². The Labute approximate surface area is 84.8 Å². The third kappa shape index (κ3) is 2.82. The molecule has 0 spiro atoms. The van der Waals surface area contributed by atoms with Gasteiger partial charge in [-0.05, 0) is 12.3 Å². The summed E-state index contributed by atoms with van der Waals surface area (Å²) in [5.41, 5.74) is 6.51. The first-order valence-corrected chi connectivity index (χ1v) is 4.92. The van der Waals surface area contributed by atoms with Crippen LogP contribution >= 0.6 is 0 Å². The van der Waals surface area contributed by atoms with Gasteiger partial charge in [0.1, 0.15) is 6.10 Å². The monoisotopic (exact) mass is 197 g/mol. The Kier molecular flexibility index (Phi) is 3.66. The Bertz CT molecular complexity index is 283. The van der Waals surface area contributed by atoms with E-state index in [4.69, 9.17) is 5.73 Å². The average molecular weight is 197 g/mol. The fourth-order valence-electron chi connectivity index (χ4n) is 1.48. The second-order valence-corrected chi connectivity index (χ2v) is 4.20. The lowest BCUT2D eigenvalue weighted by atomic mass is 9.99. The van der Waals surface area contributed by atoms with Crippen LogP contribution in [-0.2, 0) is 7.05 Å². The quantitative estimate of drug-likeness (QED) is 0.751. The molecule has 0 amide bonds. The smallest absolute Gasteiger partial charge is 0.112 e. The highest BCUT2D eigenvalue weighted by Gasteiger charge is 2.19. The number of hydrogen-bond acceptors (Lipinski definition) is 3. The molecule has 0 bridgehead atoms. The van der Waals surface area contributed by atoms with Crippen molar-refractivity contribution in [1.82, 2.24) is 9.55 Å². The van der Waals surface area contributed by atoms with Gasteiger partial charge >= 0.3 is 0 Å². The minimum absolute atomic E-state index is 0.232. The molecule has 1 aromatic heterocycles. The number of nitrogens with zero attached hydrogens (tertiary/aromatic N) is 2. The van der Waals surface area contributed by atoms with Crippen LogP contribution in [0.4, 0.5) is 0 Å². The SMILES string of the molecule is CC(C)CC(N)C(O)c1cn(C)cn1. The van der Waals surface area contributed by atoms with Gasteiger partial charge in [0.05, 0.1) is 12.0 Å². The van der Waals surface area contributed by atoms with Crippen molar-refractivity contribution in [2.45, 2.75) is 32.4 Å². The molecule has 2 unspecified atom stereocenters. The van der Waals surface area contributed by atoms with Crippen LogP contribution < -0.4 is 5.73 Å². The number of aryl methyl sites for hydroxylation is 1. The number of nitrogens with two attached hydrogens (primary N) is 1. The van der Waals surface area contributed by atoms with Crippen molar-refractivity contribution in [2.75, 3.05) is 0 Å². The van der Waals surface area contributed by atoms with E-state index in [-0.39, 0.29) is 6.04 Å². The Hall–Kier alpha value is -0.870. The lowest BCUT2D eigenvalue weighted by Gasteiger charge is -2.18. The molecule has 14 heavy (non-hydrogen) atoms. The Morgan fingerprint density at radius 1 is 1.57 bits per heavy atom. The van der Waals surface area contributed by atoms with E-state index < -0.39 is 6.10 Å². The van der Waals surface area contributed by atoms with Gasteiger partial charge in [0, 0.05) is 19.3 Å². The van der Waals surface area contributed by atoms with E-state index >= 15 is 0 Å². The molecule has 0 aliphatic rings. The molecule has 1 rings (SSSR count). The van der Waals surface area contributed by atoms with Crippen molar-refractivity contribution in [3.05, 3.63) is 18.2 Å². The number of hydrogen-bond donors (Lipinski definition) is 2. The van der Waals surface area contributed by atoms with Gasteiger partial charge in [0.2, 0.25) is 0 Å². The lowest BCUT2D eigenvalue weighted by molar-refractivity contribution is 0.132. The van der Waals surface area contributed by atoms with Gasteiger partial charge in [-0.1, -0.05) is 13.8 Å². The van der Waals surface area contributed by atoms with Crippen LogP contribution in [0.3, 0.4) is 0 Å². The Balaban J connectivity index is 2.60. The molecule has 80 valence electrons. The second kappa shape index (κ2) is 4.57. The standard InChI is InChI=1S/C10H19N3O/c1-7(2)4-8(11)10(14)9-5-13(3)6-12-9/h5-8,10,14H,4,11H2,1-3H3. The molecule has 1 aromatic rings. The highest BCUT2D eigenvalue weighted by atomic mass is 16.3. The molecule has 0 radical (unpaired) electrons. The third-order valence-electron chi connectivity index (χ3n) is 2.18. The minimum Gasteiger partial charge on any atom is -0.385 e. The van der Waals surface area contributed by atoms with Crippen LogP contribution in [0.2, 0.25) is 0 Å². The number of aliphatic hydroxyl groups is 1. The highest BCUT2D eigenvalue weighted by molar-refractivity contribution is 5.03. The summed E-state index contributed by atoms with van der Waals surface area (Å²) in [7, 11) is 1.87. The van der Waals surface area contributed by atoms with Crippen molar-refractivity contribution in [3.63, 3.8) is 0 Å². The maximum absolute atomic E-state index is 9.85. The first-order chi connectivity index (χ1) is 6.50. The van der Waals surface area contributed by atoms with E-state index in [1.165, 1.54) is 0 Å². The summed E-state index contributed by atoms with van der Waals surface area (Å²) < 4.78 is 1.81. The molecular formula is C10H19N3O. The first-order valence-electron chi connectivity index (χ1n) is 4.92. The maximum atomic E-state index is 9.85. The van der Waals surface area contributed by atoms with E-state index in [1.807, 2.05) is 7.05 Å². The van der Waals surface area contributed by atoms with Crippen LogP contribution in [-0.4, -0.2) is 20.7 Å². The number of aromatic nitrogens is 2. The van der Waals surface area contributed by atoms with Gasteiger partial charge < -0.3 is 15.4 Å². The molecule has 0 aromatic carbocycles. The van der Waals surface area contributed by atoms with Crippen LogP contribution in [0.15, 0.2) is 12.5 Å². The van der Waals surface area contributed by atoms with Gasteiger partial charge in [0.15, 0.2) is 0 Å². The molecule has 0 aliphatic heterocycles. The van der Waals surface area contributed by atoms with Crippen LogP contribution in [0, 0.1) is 5.92 Å². The van der Waals surface area contributed by atoms with Crippen LogP contribution in [0.25, 0.3) is 0 Å². The molecule has 4 heteroatoms. The van der Waals surface area contributed by atoms with E-state index in [0.717, 1.165) is 6.42 Å². The van der Waals surface area contributed by atoms with Gasteiger partial charge in [0.25, 0.3) is 0 Å². The van der Waals surface area contributed by atoms with Crippen molar-refractivity contribution in [2.24, 2.45) is 18.7 Å². The molecular weight excluding hydrogens is 178 g/mol. The summed E-state index contributed by atoms with van der Waals surface area (Å²) in [4.78, 5) is 4.08. The van der Waals surface area contributed by atoms with E-state index in [1.54, 1.807) is 17.1 Å². The van der Waals surface area contributed by atoms with Crippen LogP contribution in [0.5, 0.6) is 0 Å². The molecule has 2 atom stereocenters. The topological polar surface area (TPSA) is 64.1 Å². The second-order valence-electron chi connectivity index (χ2n) is 4.20. The van der Waals surface area contributed by atoms with Crippen molar-refractivity contribution < 1.29 is 5.11 Å². The Morgan fingerprint density at radius 2 is 2.21 bits per heavy atom. The molecule has 0 fully saturated rings. The predicted octanol–water partition coefficient (Wildman–Crippen LogP) is 0.827. The minimum atomic E-state index is -0.654. The summed E-state index contributed by atoms with van der Waals surface area (Å²) in [5.74, 6) is 0.489. The zero-order valence-corrected chi connectivity index (χ0v) is 9.01. The summed E-state index contributed by atoms with van der Waals surface area (Å²) >= 11 is 0. The number of rotatable bonds is 4. The summed E-state index contributed by atoms with van der Waals surface area (Å²) in [6, 6.07) is -0.232. The van der Waals surface area contributed by atoms with Gasteiger partial charge in [-0.25, -0.2) is 4.98 Å². The number of imidazole rings is 1. The predicted molar refractivity (Wildman–Crippen MR) is 55.6 cm³/mol. The van der Waals surface area contributed by atoms with Gasteiger partial charge in [-0.3, -0.25) is 0 Å². The fraction of sp³-hybridized carbons (Fsp3) is 0.700. The Morgan fingerprint density at radius 3 is 2.64 bits per heavy atom. The van der Waals surface area contributed by atoms with Crippen molar-refractivity contribution in [3.8, 4) is 0 Å². The maximum Gasteiger partial charge on any atom is 0.112 e. The van der Waals surface area contributed by atoms with E-state index in [2.05, 4.69) is 18.8 Å². The summed E-state index contributed by atoms with van der Waals surface area (Å²) in [6.07, 6.45) is 3.61. The zero-order valence-electron chi connectivity index (χ0n) is 9.01. The van der Waals surface area contributed by atoms with Crippen LogP contribution in [0.1, 0.15) is 32.1 Å². The molecule has 0 aliphatic carbocycles. The zero-order chi connectivity index (χ0) is 10.7. The normalized spacial score (nSPS) is 15.9. The van der Waals surface area contributed by atoms with Gasteiger partial charge in [-0.15, -0.1) is 0 Å². The van der Waals surface area contributed by atoms with Crippen molar-refractivity contribution >= 4 is 0 Å². The summed E-state index contributed by atoms with van der Waals surface area (Å²) in [5, 5.41) is 9.85. The highest BCUT2D eigenvalue weighted by Crippen LogP contribution is 2.17. The average Bonchev–Trinajstić information content (AvgIpc) is 2.49. The largest absolute Gasteiger partial charge is 0.385 e. The summed E-state index contributed by atoms with van der Waals surface area (Å²) in [6.45, 7) is 4.18. The first kappa shape index (κ1) is 11.2. The molecule has 3 N–H and O–H groups in total. The van der Waals surface area contributed by atoms with Crippen molar-refractivity contribution in [1.29, 1.82) is 0 Å². The molecule has 0 saturated carbocycles.